The van der Waals surface area contributed by atoms with Gasteiger partial charge in [-0.1, -0.05) is 30.3 Å². The number of aromatic hydroxyl groups is 1. The highest BCUT2D eigenvalue weighted by atomic mass is 16.5. The average Bonchev–Trinajstić information content (AvgIpc) is 3.01. The molecule has 2 aromatic heterocycles. The van der Waals surface area contributed by atoms with Crippen LogP contribution in [0.15, 0.2) is 53.3 Å². The Morgan fingerprint density at radius 2 is 1.85 bits per heavy atom. The first-order chi connectivity index (χ1) is 12.6. The minimum absolute atomic E-state index is 0.0729. The lowest BCUT2D eigenvalue weighted by Gasteiger charge is -2.14. The van der Waals surface area contributed by atoms with E-state index in [1.165, 1.54) is 0 Å². The maximum atomic E-state index is 12.0. The summed E-state index contributed by atoms with van der Waals surface area (Å²) in [5.74, 6) is 0.643. The molecule has 0 saturated heterocycles. The number of hydrogen-bond acceptors (Lipinski definition) is 4. The van der Waals surface area contributed by atoms with Crippen molar-refractivity contribution in [3.8, 4) is 33.9 Å². The van der Waals surface area contributed by atoms with Gasteiger partial charge in [-0.15, -0.1) is 0 Å². The molecule has 0 radical (unpaired) electrons. The van der Waals surface area contributed by atoms with Crippen LogP contribution < -0.4 is 10.3 Å². The molecule has 4 rings (SSSR count). The van der Waals surface area contributed by atoms with Crippen LogP contribution in [0.3, 0.4) is 0 Å². The molecule has 26 heavy (non-hydrogen) atoms. The standard InChI is InChI=1S/C20H17N3O3/c1-11-8-13(26-2)9-16(24)17(11)18-14(12-6-4-3-5-7-12)10-15-19(21-18)22-23-20(15)25/h3-10,24H,1-2H3,(H2,21,22,23,25). The third-order valence-corrected chi connectivity index (χ3v) is 4.41. The molecule has 3 N–H and O–H groups in total. The normalized spacial score (nSPS) is 11.0. The maximum Gasteiger partial charge on any atom is 0.273 e. The summed E-state index contributed by atoms with van der Waals surface area (Å²) in [4.78, 5) is 16.7. The van der Waals surface area contributed by atoms with Crippen LogP contribution in [0.1, 0.15) is 5.56 Å². The number of fused-ring (bicyclic) bond motifs is 1. The second-order valence-electron chi connectivity index (χ2n) is 6.06. The fourth-order valence-corrected chi connectivity index (χ4v) is 3.16. The molecule has 0 fully saturated rings. The molecule has 6 nitrogen and oxygen atoms in total. The van der Waals surface area contributed by atoms with E-state index < -0.39 is 0 Å². The number of nitrogens with one attached hydrogen (secondary N) is 2. The highest BCUT2D eigenvalue weighted by Crippen LogP contribution is 2.40. The summed E-state index contributed by atoms with van der Waals surface area (Å²) in [5, 5.41) is 16.4. The summed E-state index contributed by atoms with van der Waals surface area (Å²) in [7, 11) is 1.55. The fourth-order valence-electron chi connectivity index (χ4n) is 3.16. The Labute approximate surface area is 149 Å². The van der Waals surface area contributed by atoms with E-state index in [-0.39, 0.29) is 11.3 Å². The van der Waals surface area contributed by atoms with Gasteiger partial charge in [0.2, 0.25) is 0 Å². The van der Waals surface area contributed by atoms with Crippen molar-refractivity contribution in [2.45, 2.75) is 6.92 Å². The predicted molar refractivity (Wildman–Crippen MR) is 101 cm³/mol. The number of H-pyrrole nitrogens is 2. The summed E-state index contributed by atoms with van der Waals surface area (Å²) in [6, 6.07) is 14.9. The van der Waals surface area contributed by atoms with Crippen molar-refractivity contribution in [1.29, 1.82) is 0 Å². The van der Waals surface area contributed by atoms with Gasteiger partial charge in [0, 0.05) is 17.2 Å². The number of phenolic OH excluding ortho intramolecular Hbond substituents is 1. The topological polar surface area (TPSA) is 91.0 Å². The van der Waals surface area contributed by atoms with Crippen LogP contribution in [-0.2, 0) is 0 Å². The zero-order chi connectivity index (χ0) is 18.3. The van der Waals surface area contributed by atoms with E-state index in [2.05, 4.69) is 15.2 Å². The van der Waals surface area contributed by atoms with Crippen molar-refractivity contribution in [3.63, 3.8) is 0 Å². The van der Waals surface area contributed by atoms with E-state index in [1.807, 2.05) is 43.3 Å². The minimum atomic E-state index is -0.230. The molecule has 6 heteroatoms. The molecule has 0 unspecified atom stereocenters. The Morgan fingerprint density at radius 1 is 1.08 bits per heavy atom. The Bertz CT molecular complexity index is 1140. The molecule has 0 spiro atoms. The van der Waals surface area contributed by atoms with Crippen LogP contribution in [0.2, 0.25) is 0 Å². The number of ether oxygens (including phenoxy) is 1. The van der Waals surface area contributed by atoms with Gasteiger partial charge >= 0.3 is 0 Å². The Hall–Kier alpha value is -3.54. The highest BCUT2D eigenvalue weighted by molar-refractivity contribution is 5.92. The summed E-state index contributed by atoms with van der Waals surface area (Å²) < 4.78 is 5.22. The number of phenols is 1. The van der Waals surface area contributed by atoms with Crippen molar-refractivity contribution < 1.29 is 9.84 Å². The molecule has 0 saturated carbocycles. The van der Waals surface area contributed by atoms with Gasteiger partial charge < -0.3 is 9.84 Å². The van der Waals surface area contributed by atoms with Crippen LogP contribution in [0.5, 0.6) is 11.5 Å². The zero-order valence-electron chi connectivity index (χ0n) is 14.3. The van der Waals surface area contributed by atoms with Crippen molar-refractivity contribution in [3.05, 3.63) is 64.4 Å². The zero-order valence-corrected chi connectivity index (χ0v) is 14.3. The van der Waals surface area contributed by atoms with Crippen LogP contribution >= 0.6 is 0 Å². The van der Waals surface area contributed by atoms with Gasteiger partial charge in [-0.2, -0.15) is 0 Å². The van der Waals surface area contributed by atoms with Gasteiger partial charge in [-0.05, 0) is 30.2 Å². The van der Waals surface area contributed by atoms with E-state index in [4.69, 9.17) is 4.74 Å². The van der Waals surface area contributed by atoms with Gasteiger partial charge in [0.05, 0.1) is 18.2 Å². The van der Waals surface area contributed by atoms with Crippen molar-refractivity contribution in [2.75, 3.05) is 7.11 Å². The Morgan fingerprint density at radius 3 is 2.54 bits per heavy atom. The summed E-state index contributed by atoms with van der Waals surface area (Å²) >= 11 is 0. The molecule has 4 aromatic rings. The molecule has 0 amide bonds. The van der Waals surface area contributed by atoms with Gasteiger partial charge in [0.25, 0.3) is 5.56 Å². The second kappa shape index (κ2) is 6.07. The monoisotopic (exact) mass is 347 g/mol. The molecule has 0 aliphatic rings. The van der Waals surface area contributed by atoms with Gasteiger partial charge in [-0.25, -0.2) is 4.98 Å². The first-order valence-electron chi connectivity index (χ1n) is 8.13. The molecular weight excluding hydrogens is 330 g/mol. The molecular formula is C20H17N3O3. The number of aromatic nitrogens is 3. The molecule has 0 aliphatic heterocycles. The average molecular weight is 347 g/mol. The fraction of sp³-hybridized carbons (Fsp3) is 0.100. The van der Waals surface area contributed by atoms with Crippen LogP contribution in [0, 0.1) is 6.92 Å². The smallest absolute Gasteiger partial charge is 0.273 e. The molecule has 0 bridgehead atoms. The summed E-state index contributed by atoms with van der Waals surface area (Å²) in [6.45, 7) is 1.89. The molecule has 0 atom stereocenters. The van der Waals surface area contributed by atoms with Gasteiger partial charge in [0.15, 0.2) is 5.65 Å². The van der Waals surface area contributed by atoms with Crippen molar-refractivity contribution in [2.24, 2.45) is 0 Å². The van der Waals surface area contributed by atoms with Crippen molar-refractivity contribution >= 4 is 11.0 Å². The quantitative estimate of drug-likeness (QED) is 0.528. The van der Waals surface area contributed by atoms with Gasteiger partial charge in [0.1, 0.15) is 11.5 Å². The number of rotatable bonds is 3. The SMILES string of the molecule is COc1cc(C)c(-c2nc3[nH][nH]c(=O)c3cc2-c2ccccc2)c(O)c1. The number of hydrogen-bond donors (Lipinski definition) is 3. The van der Waals surface area contributed by atoms with E-state index in [0.29, 0.717) is 28.0 Å². The third-order valence-electron chi connectivity index (χ3n) is 4.41. The largest absolute Gasteiger partial charge is 0.507 e. The third kappa shape index (κ3) is 2.52. The Kier molecular flexibility index (Phi) is 3.73. The summed E-state index contributed by atoms with van der Waals surface area (Å²) in [5.41, 5.74) is 3.92. The number of methoxy groups -OCH3 is 1. The molecule has 0 aliphatic carbocycles. The van der Waals surface area contributed by atoms with E-state index in [9.17, 15) is 9.90 Å². The number of benzene rings is 2. The second-order valence-corrected chi connectivity index (χ2v) is 6.06. The predicted octanol–water partition coefficient (Wildman–Crippen LogP) is 3.61. The van der Waals surface area contributed by atoms with E-state index >= 15 is 0 Å². The number of pyridine rings is 1. The molecule has 130 valence electrons. The Balaban J connectivity index is 2.08. The molecule has 2 heterocycles. The lowest BCUT2D eigenvalue weighted by atomic mass is 9.95. The van der Waals surface area contributed by atoms with E-state index in [1.54, 1.807) is 19.2 Å². The minimum Gasteiger partial charge on any atom is -0.507 e. The number of aryl methyl sites for hydroxylation is 1. The highest BCUT2D eigenvalue weighted by Gasteiger charge is 2.19. The molecule has 2 aromatic carbocycles. The van der Waals surface area contributed by atoms with Crippen LogP contribution in [-0.4, -0.2) is 27.4 Å². The van der Waals surface area contributed by atoms with Crippen LogP contribution in [0.25, 0.3) is 33.4 Å². The number of nitrogens with zero attached hydrogens (tertiary/aromatic N) is 1. The van der Waals surface area contributed by atoms with Gasteiger partial charge in [-0.3, -0.25) is 15.0 Å². The lowest BCUT2D eigenvalue weighted by molar-refractivity contribution is 0.407. The van der Waals surface area contributed by atoms with E-state index in [0.717, 1.165) is 16.7 Å². The van der Waals surface area contributed by atoms with Crippen LogP contribution in [0.4, 0.5) is 0 Å². The first kappa shape index (κ1) is 16.0. The first-order valence-corrected chi connectivity index (χ1v) is 8.13. The number of aromatic amines is 2. The lowest BCUT2D eigenvalue weighted by Crippen LogP contribution is -1.99. The summed E-state index contributed by atoms with van der Waals surface area (Å²) in [6.07, 6.45) is 0. The van der Waals surface area contributed by atoms with Crippen molar-refractivity contribution in [1.82, 2.24) is 15.2 Å². The maximum absolute atomic E-state index is 12.0.